The van der Waals surface area contributed by atoms with Gasteiger partial charge in [0.05, 0.1) is 22.7 Å². The van der Waals surface area contributed by atoms with Crippen LogP contribution in [0.1, 0.15) is 64.6 Å². The molecule has 2 aliphatic rings. The third-order valence-electron chi connectivity index (χ3n) is 9.25. The molecule has 1 saturated carbocycles. The second kappa shape index (κ2) is 9.95. The van der Waals surface area contributed by atoms with E-state index < -0.39 is 16.6 Å². The molecule has 0 radical (unpaired) electrons. The monoisotopic (exact) mass is 533 g/mol. The first-order chi connectivity index (χ1) is 19.2. The predicted octanol–water partition coefficient (Wildman–Crippen LogP) is 5.51. The van der Waals surface area contributed by atoms with Gasteiger partial charge in [0, 0.05) is 23.4 Å². The van der Waals surface area contributed by atoms with Gasteiger partial charge in [-0.15, -0.1) is 0 Å². The van der Waals surface area contributed by atoms with Gasteiger partial charge < -0.3 is 15.5 Å². The number of aryl methyl sites for hydroxylation is 2. The molecule has 4 unspecified atom stereocenters. The Morgan fingerprint density at radius 3 is 2.50 bits per heavy atom. The van der Waals surface area contributed by atoms with Gasteiger partial charge in [0.1, 0.15) is 5.60 Å². The predicted molar refractivity (Wildman–Crippen MR) is 155 cm³/mol. The molecule has 4 atom stereocenters. The number of anilines is 1. The molecule has 0 bridgehead atoms. The molecule has 1 fully saturated rings. The summed E-state index contributed by atoms with van der Waals surface area (Å²) < 4.78 is 0. The Morgan fingerprint density at radius 1 is 0.975 bits per heavy atom. The Morgan fingerprint density at radius 2 is 1.75 bits per heavy atom. The summed E-state index contributed by atoms with van der Waals surface area (Å²) in [6, 6.07) is 25.5. The summed E-state index contributed by atoms with van der Waals surface area (Å²) in [6.07, 6.45) is 6.54. The van der Waals surface area contributed by atoms with Crippen molar-refractivity contribution in [2.24, 2.45) is 5.92 Å². The Kier molecular flexibility index (Phi) is 6.56. The molecule has 2 aromatic carbocycles. The number of benzene rings is 2. The normalized spacial score (nSPS) is 27.4. The minimum Gasteiger partial charge on any atom is -0.387 e. The fraction of sp³-hybridized carbons (Fsp3) is 0.324. The SMILES string of the molecule is Cc1ncccc1NC(=O)c1ccc2c(c1)CCC1CC(O)(c3ccccn3)C(C)(O)CC21Cc1ccccc1. The van der Waals surface area contributed by atoms with Crippen LogP contribution in [-0.2, 0) is 23.9 Å². The lowest BCUT2D eigenvalue weighted by atomic mass is 9.48. The molecular formula is C34H35N3O3. The molecule has 3 N–H and O–H groups in total. The summed E-state index contributed by atoms with van der Waals surface area (Å²) in [4.78, 5) is 22.0. The van der Waals surface area contributed by atoms with Gasteiger partial charge in [-0.05, 0) is 105 Å². The van der Waals surface area contributed by atoms with Gasteiger partial charge in [0.2, 0.25) is 0 Å². The molecule has 40 heavy (non-hydrogen) atoms. The number of carbonyl (C=O) groups excluding carboxylic acids is 1. The highest BCUT2D eigenvalue weighted by Crippen LogP contribution is 2.59. The molecule has 6 heteroatoms. The van der Waals surface area contributed by atoms with Gasteiger partial charge in [0.15, 0.2) is 0 Å². The van der Waals surface area contributed by atoms with E-state index in [1.807, 2.05) is 67.6 Å². The van der Waals surface area contributed by atoms with Crippen molar-refractivity contribution in [1.29, 1.82) is 0 Å². The number of nitrogens with zero attached hydrogens (tertiary/aromatic N) is 2. The van der Waals surface area contributed by atoms with E-state index in [1.165, 1.54) is 5.56 Å². The van der Waals surface area contributed by atoms with Crippen LogP contribution in [0.2, 0.25) is 0 Å². The third kappa shape index (κ3) is 4.41. The zero-order valence-electron chi connectivity index (χ0n) is 23.0. The highest BCUT2D eigenvalue weighted by Gasteiger charge is 2.62. The lowest BCUT2D eigenvalue weighted by Gasteiger charge is -2.59. The number of nitrogens with one attached hydrogen (secondary N) is 1. The maximum absolute atomic E-state index is 13.2. The van der Waals surface area contributed by atoms with E-state index >= 15 is 0 Å². The number of aliphatic hydroxyl groups is 2. The molecule has 4 aromatic rings. The molecule has 2 aromatic heterocycles. The maximum atomic E-state index is 13.2. The van der Waals surface area contributed by atoms with E-state index in [2.05, 4.69) is 33.5 Å². The molecule has 6 rings (SSSR count). The molecule has 1 amide bonds. The van der Waals surface area contributed by atoms with Crippen LogP contribution in [0.15, 0.2) is 91.3 Å². The number of fused-ring (bicyclic) bond motifs is 3. The average molecular weight is 534 g/mol. The highest BCUT2D eigenvalue weighted by molar-refractivity contribution is 6.04. The quantitative estimate of drug-likeness (QED) is 0.314. The van der Waals surface area contributed by atoms with E-state index in [0.717, 1.165) is 36.1 Å². The van der Waals surface area contributed by atoms with Crippen LogP contribution in [-0.4, -0.2) is 31.7 Å². The third-order valence-corrected chi connectivity index (χ3v) is 9.25. The number of hydrogen-bond acceptors (Lipinski definition) is 5. The number of hydrogen-bond donors (Lipinski definition) is 3. The van der Waals surface area contributed by atoms with E-state index in [-0.39, 0.29) is 11.8 Å². The van der Waals surface area contributed by atoms with Gasteiger partial charge in [-0.3, -0.25) is 14.8 Å². The zero-order valence-corrected chi connectivity index (χ0v) is 23.0. The van der Waals surface area contributed by atoms with Crippen LogP contribution in [0.3, 0.4) is 0 Å². The van der Waals surface area contributed by atoms with Gasteiger partial charge in [-0.1, -0.05) is 42.5 Å². The largest absolute Gasteiger partial charge is 0.387 e. The van der Waals surface area contributed by atoms with Gasteiger partial charge in [0.25, 0.3) is 5.91 Å². The van der Waals surface area contributed by atoms with E-state index in [1.54, 1.807) is 19.3 Å². The molecule has 0 aliphatic heterocycles. The van der Waals surface area contributed by atoms with Gasteiger partial charge in [-0.25, -0.2) is 0 Å². The van der Waals surface area contributed by atoms with E-state index in [9.17, 15) is 15.0 Å². The van der Waals surface area contributed by atoms with Crippen LogP contribution in [0.5, 0.6) is 0 Å². The Hall–Kier alpha value is -3.87. The van der Waals surface area contributed by atoms with Crippen molar-refractivity contribution in [2.75, 3.05) is 5.32 Å². The fourth-order valence-electron chi connectivity index (χ4n) is 7.19. The van der Waals surface area contributed by atoms with Crippen molar-refractivity contribution in [1.82, 2.24) is 9.97 Å². The van der Waals surface area contributed by atoms with Crippen molar-refractivity contribution in [3.05, 3.63) is 125 Å². The van der Waals surface area contributed by atoms with E-state index in [4.69, 9.17) is 0 Å². The summed E-state index contributed by atoms with van der Waals surface area (Å²) in [5, 5.41) is 27.1. The number of aromatic nitrogens is 2. The van der Waals surface area contributed by atoms with Crippen molar-refractivity contribution in [2.45, 2.75) is 62.6 Å². The number of amides is 1. The summed E-state index contributed by atoms with van der Waals surface area (Å²) in [7, 11) is 0. The number of pyridine rings is 2. The topological polar surface area (TPSA) is 95.3 Å². The minimum absolute atomic E-state index is 0.116. The molecule has 0 saturated heterocycles. The second-order valence-corrected chi connectivity index (χ2v) is 11.7. The van der Waals surface area contributed by atoms with Crippen molar-refractivity contribution >= 4 is 11.6 Å². The molecular weight excluding hydrogens is 498 g/mol. The van der Waals surface area contributed by atoms with Gasteiger partial charge in [-0.2, -0.15) is 0 Å². The number of carbonyl (C=O) groups is 1. The van der Waals surface area contributed by atoms with Crippen molar-refractivity contribution in [3.63, 3.8) is 0 Å². The summed E-state index contributed by atoms with van der Waals surface area (Å²) in [6.45, 7) is 3.62. The van der Waals surface area contributed by atoms with Crippen LogP contribution in [0, 0.1) is 12.8 Å². The summed E-state index contributed by atoms with van der Waals surface area (Å²) in [5.74, 6) is -0.0524. The summed E-state index contributed by atoms with van der Waals surface area (Å²) >= 11 is 0. The van der Waals surface area contributed by atoms with Gasteiger partial charge >= 0.3 is 0 Å². The second-order valence-electron chi connectivity index (χ2n) is 11.7. The maximum Gasteiger partial charge on any atom is 0.255 e. The molecule has 204 valence electrons. The van der Waals surface area contributed by atoms with Crippen LogP contribution < -0.4 is 5.32 Å². The van der Waals surface area contributed by atoms with E-state index in [0.29, 0.717) is 29.8 Å². The van der Waals surface area contributed by atoms with Crippen LogP contribution in [0.4, 0.5) is 5.69 Å². The minimum atomic E-state index is -1.46. The molecule has 2 heterocycles. The molecule has 6 nitrogen and oxygen atoms in total. The van der Waals surface area contributed by atoms with Crippen LogP contribution in [0.25, 0.3) is 0 Å². The smallest absolute Gasteiger partial charge is 0.255 e. The van der Waals surface area contributed by atoms with Crippen molar-refractivity contribution in [3.8, 4) is 0 Å². The molecule has 0 spiro atoms. The van der Waals surface area contributed by atoms with Crippen LogP contribution >= 0.6 is 0 Å². The standard InChI is InChI=1S/C34H35N3O3/c1-23-29(11-8-18-35-23)37-31(38)26-14-16-28-25(19-26)13-15-27-21-34(40,30-12-6-7-17-36-30)32(2,39)22-33(27,28)20-24-9-4-3-5-10-24/h3-12,14,16-19,27,39-40H,13,15,20-22H2,1-2H3,(H,37,38). The zero-order chi connectivity index (χ0) is 28.0. The van der Waals surface area contributed by atoms with Crippen molar-refractivity contribution < 1.29 is 15.0 Å². The Labute approximate surface area is 235 Å². The first-order valence-electron chi connectivity index (χ1n) is 14.0. The highest BCUT2D eigenvalue weighted by atomic mass is 16.4. The lowest BCUT2D eigenvalue weighted by molar-refractivity contribution is -0.206. The first-order valence-corrected chi connectivity index (χ1v) is 14.0. The lowest BCUT2D eigenvalue weighted by Crippen LogP contribution is -2.63. The summed E-state index contributed by atoms with van der Waals surface area (Å²) in [5.41, 5.74) is 2.76. The average Bonchev–Trinajstić information content (AvgIpc) is 2.96. The Bertz CT molecular complexity index is 1540. The first kappa shape index (κ1) is 26.4. The molecule has 2 aliphatic carbocycles. The number of rotatable bonds is 5. The Balaban J connectivity index is 1.41. The fourth-order valence-corrected chi connectivity index (χ4v) is 7.19.